The molecular formula is C37H44FN5O5. The van der Waals surface area contributed by atoms with Crippen molar-refractivity contribution in [3.63, 3.8) is 0 Å². The number of ether oxygens (including phenoxy) is 3. The van der Waals surface area contributed by atoms with Crippen LogP contribution in [0.25, 0.3) is 33.4 Å². The molecule has 254 valence electrons. The quantitative estimate of drug-likeness (QED) is 0.263. The summed E-state index contributed by atoms with van der Waals surface area (Å²) in [6.07, 6.45) is 1.97. The number of halogens is 1. The van der Waals surface area contributed by atoms with E-state index in [1.165, 1.54) is 6.07 Å². The summed E-state index contributed by atoms with van der Waals surface area (Å²) >= 11 is 0. The van der Waals surface area contributed by atoms with Gasteiger partial charge in [0, 0.05) is 72.8 Å². The molecule has 2 saturated heterocycles. The van der Waals surface area contributed by atoms with Gasteiger partial charge in [0.25, 0.3) is 0 Å². The molecule has 6 heterocycles. The molecule has 1 atom stereocenters. The molecule has 1 N–H and O–H groups in total. The summed E-state index contributed by atoms with van der Waals surface area (Å²) in [6, 6.07) is 8.13. The van der Waals surface area contributed by atoms with Crippen molar-refractivity contribution in [2.24, 2.45) is 7.05 Å². The van der Waals surface area contributed by atoms with E-state index in [1.54, 1.807) is 6.92 Å². The first-order valence-electron chi connectivity index (χ1n) is 16.8. The van der Waals surface area contributed by atoms with Crippen molar-refractivity contribution in [1.82, 2.24) is 19.4 Å². The van der Waals surface area contributed by atoms with Crippen molar-refractivity contribution in [2.75, 3.05) is 50.9 Å². The number of hydrogen-bond donors (Lipinski definition) is 1. The standard InChI is InChI=1S/C37H44FN5O5/c1-21-25-8-7-15-47-33(25)28(38)17-26(21)32-27-18-29(41(6)35(27)40-22(2)31(32)34(36(44)45)48-37(3,4)5)23-9-10-39-30(16-23)43-13-11-42(12-14-43)24-19-46-20-24/h9-10,16-18,24,34H,7-8,11-15,19-20H2,1-6H3,(H,44,45)/t34-/m0/s1. The van der Waals surface area contributed by atoms with Gasteiger partial charge in [-0.1, -0.05) is 0 Å². The Hall–Kier alpha value is -4.06. The van der Waals surface area contributed by atoms with Gasteiger partial charge in [0.2, 0.25) is 0 Å². The van der Waals surface area contributed by atoms with Crippen LogP contribution in [0.2, 0.25) is 0 Å². The fourth-order valence-corrected chi connectivity index (χ4v) is 7.35. The molecule has 11 heteroatoms. The predicted molar refractivity (Wildman–Crippen MR) is 182 cm³/mol. The molecule has 2 fully saturated rings. The molecule has 10 nitrogen and oxygen atoms in total. The summed E-state index contributed by atoms with van der Waals surface area (Å²) in [6.45, 7) is 15.0. The SMILES string of the molecule is Cc1nc2c(cc(-c3ccnc(N4CCN(C5COC5)CC4)c3)n2C)c(-c2cc(F)c3c(c2C)CCCO3)c1[C@H](OC(C)(C)C)C(=O)O. The number of rotatable bonds is 7. The van der Waals surface area contributed by atoms with Gasteiger partial charge in [-0.25, -0.2) is 19.2 Å². The van der Waals surface area contributed by atoms with Gasteiger partial charge >= 0.3 is 5.97 Å². The minimum absolute atomic E-state index is 0.284. The second-order valence-electron chi connectivity index (χ2n) is 14.2. The number of aromatic nitrogens is 3. The van der Waals surface area contributed by atoms with Gasteiger partial charge in [-0.15, -0.1) is 0 Å². The third-order valence-corrected chi connectivity index (χ3v) is 9.88. The lowest BCUT2D eigenvalue weighted by Gasteiger charge is -2.42. The molecule has 0 bridgehead atoms. The summed E-state index contributed by atoms with van der Waals surface area (Å²) in [5.74, 6) is -0.395. The van der Waals surface area contributed by atoms with Gasteiger partial charge in [0.05, 0.1) is 37.2 Å². The number of anilines is 1. The Kier molecular flexibility index (Phi) is 8.41. The molecule has 0 aliphatic carbocycles. The van der Waals surface area contributed by atoms with Gasteiger partial charge in [-0.2, -0.15) is 0 Å². The number of carboxylic acid groups (broad SMARTS) is 1. The fraction of sp³-hybridized carbons (Fsp3) is 0.486. The van der Waals surface area contributed by atoms with E-state index in [2.05, 4.69) is 15.9 Å². The largest absolute Gasteiger partial charge is 0.490 e. The average Bonchev–Trinajstić information content (AvgIpc) is 3.36. The lowest BCUT2D eigenvalue weighted by Crippen LogP contribution is -2.56. The van der Waals surface area contributed by atoms with Crippen LogP contribution in [0.5, 0.6) is 5.75 Å². The van der Waals surface area contributed by atoms with E-state index >= 15 is 4.39 Å². The van der Waals surface area contributed by atoms with Crippen LogP contribution < -0.4 is 9.64 Å². The molecule has 0 saturated carbocycles. The molecule has 0 amide bonds. The highest BCUT2D eigenvalue weighted by atomic mass is 19.1. The second kappa shape index (κ2) is 12.4. The Bertz CT molecular complexity index is 1890. The Morgan fingerprint density at radius 1 is 1.12 bits per heavy atom. The Balaban J connectivity index is 1.39. The molecular weight excluding hydrogens is 613 g/mol. The molecule has 48 heavy (non-hydrogen) atoms. The Morgan fingerprint density at radius 2 is 1.88 bits per heavy atom. The van der Waals surface area contributed by atoms with Gasteiger partial charge < -0.3 is 28.8 Å². The summed E-state index contributed by atoms with van der Waals surface area (Å²) in [5.41, 5.74) is 5.61. The monoisotopic (exact) mass is 657 g/mol. The molecule has 3 aliphatic heterocycles. The highest BCUT2D eigenvalue weighted by molar-refractivity contribution is 6.01. The number of fused-ring (bicyclic) bond motifs is 2. The molecule has 1 aromatic carbocycles. The van der Waals surface area contributed by atoms with Crippen molar-refractivity contribution < 1.29 is 28.5 Å². The molecule has 0 radical (unpaired) electrons. The molecule has 7 rings (SSSR count). The van der Waals surface area contributed by atoms with Crippen LogP contribution in [0.3, 0.4) is 0 Å². The maximum Gasteiger partial charge on any atom is 0.337 e. The highest BCUT2D eigenvalue weighted by Gasteiger charge is 2.35. The second-order valence-corrected chi connectivity index (χ2v) is 14.2. The first kappa shape index (κ1) is 32.5. The third-order valence-electron chi connectivity index (χ3n) is 9.88. The smallest absolute Gasteiger partial charge is 0.337 e. The summed E-state index contributed by atoms with van der Waals surface area (Å²) < 4.78 is 35.2. The lowest BCUT2D eigenvalue weighted by molar-refractivity contribution is -0.160. The van der Waals surface area contributed by atoms with Crippen LogP contribution in [0, 0.1) is 19.7 Å². The van der Waals surface area contributed by atoms with E-state index in [9.17, 15) is 9.90 Å². The van der Waals surface area contributed by atoms with Gasteiger partial charge in [-0.3, -0.25) is 4.90 Å². The average molecular weight is 658 g/mol. The zero-order chi connectivity index (χ0) is 33.9. The molecule has 4 aromatic rings. The summed E-state index contributed by atoms with van der Waals surface area (Å²) in [4.78, 5) is 27.5. The van der Waals surface area contributed by atoms with Crippen LogP contribution >= 0.6 is 0 Å². The Morgan fingerprint density at radius 3 is 2.54 bits per heavy atom. The van der Waals surface area contributed by atoms with Crippen molar-refractivity contribution in [1.29, 1.82) is 0 Å². The molecule has 3 aliphatic rings. The number of pyridine rings is 2. The van der Waals surface area contributed by atoms with Crippen molar-refractivity contribution in [2.45, 2.75) is 65.2 Å². The number of aliphatic carboxylic acids is 1. The van der Waals surface area contributed by atoms with Gasteiger partial charge in [-0.05, 0) is 82.9 Å². The minimum Gasteiger partial charge on any atom is -0.490 e. The number of piperazine rings is 1. The van der Waals surface area contributed by atoms with Gasteiger partial charge in [0.15, 0.2) is 17.7 Å². The lowest BCUT2D eigenvalue weighted by atomic mass is 9.86. The maximum atomic E-state index is 15.8. The number of hydrogen-bond acceptors (Lipinski definition) is 8. The number of aryl methyl sites for hydroxylation is 2. The van der Waals surface area contributed by atoms with Crippen molar-refractivity contribution in [3.8, 4) is 28.1 Å². The van der Waals surface area contributed by atoms with E-state index in [-0.39, 0.29) is 5.75 Å². The van der Waals surface area contributed by atoms with Crippen molar-refractivity contribution in [3.05, 3.63) is 58.7 Å². The zero-order valence-corrected chi connectivity index (χ0v) is 28.6. The summed E-state index contributed by atoms with van der Waals surface area (Å²) in [7, 11) is 1.96. The van der Waals surface area contributed by atoms with E-state index < -0.39 is 23.5 Å². The van der Waals surface area contributed by atoms with Crippen LogP contribution in [0.15, 0.2) is 30.5 Å². The number of benzene rings is 1. The van der Waals surface area contributed by atoms with Gasteiger partial charge in [0.1, 0.15) is 11.5 Å². The maximum absolute atomic E-state index is 15.8. The topological polar surface area (TPSA) is 102 Å². The molecule has 3 aromatic heterocycles. The predicted octanol–water partition coefficient (Wildman–Crippen LogP) is 5.84. The molecule has 0 unspecified atom stereocenters. The van der Waals surface area contributed by atoms with E-state index in [1.807, 2.05) is 57.6 Å². The normalized spacial score (nSPS) is 18.0. The zero-order valence-electron chi connectivity index (χ0n) is 28.6. The van der Waals surface area contributed by atoms with Crippen molar-refractivity contribution >= 4 is 22.8 Å². The van der Waals surface area contributed by atoms with Crippen LogP contribution in [-0.2, 0) is 27.7 Å². The summed E-state index contributed by atoms with van der Waals surface area (Å²) in [5, 5.41) is 11.3. The Labute approximate surface area is 280 Å². The minimum atomic E-state index is -1.33. The number of carboxylic acids is 1. The highest BCUT2D eigenvalue weighted by Crippen LogP contribution is 2.45. The van der Waals surface area contributed by atoms with E-state index in [0.29, 0.717) is 47.1 Å². The van der Waals surface area contributed by atoms with Crippen LogP contribution in [0.1, 0.15) is 55.7 Å². The first-order chi connectivity index (χ1) is 22.9. The molecule has 0 spiro atoms. The first-order valence-corrected chi connectivity index (χ1v) is 16.8. The number of nitrogens with zero attached hydrogens (tertiary/aromatic N) is 5. The van der Waals surface area contributed by atoms with E-state index in [4.69, 9.17) is 24.2 Å². The fourth-order valence-electron chi connectivity index (χ4n) is 7.35. The van der Waals surface area contributed by atoms with Crippen LogP contribution in [-0.4, -0.2) is 88.2 Å². The van der Waals surface area contributed by atoms with Crippen LogP contribution in [0.4, 0.5) is 10.2 Å². The third kappa shape index (κ3) is 5.82. The van der Waals surface area contributed by atoms with E-state index in [0.717, 1.165) is 79.4 Å². The number of carbonyl (C=O) groups is 1.